The Hall–Kier alpha value is -3.00. The number of carbonyl (C=O) groups excluding carboxylic acids is 1. The molecule has 2 aromatic carbocycles. The van der Waals surface area contributed by atoms with Crippen LogP contribution in [0.15, 0.2) is 36.4 Å². The Bertz CT molecular complexity index is 1150. The summed E-state index contributed by atoms with van der Waals surface area (Å²) in [6.07, 6.45) is 4.21. The number of nitrogens with zero attached hydrogens (tertiary/aromatic N) is 4. The molecule has 156 valence electrons. The van der Waals surface area contributed by atoms with Gasteiger partial charge in [0.1, 0.15) is 11.6 Å². The molecule has 1 aliphatic heterocycles. The Morgan fingerprint density at radius 2 is 1.87 bits per heavy atom. The van der Waals surface area contributed by atoms with Gasteiger partial charge in [-0.1, -0.05) is 23.7 Å². The molecule has 5 nitrogen and oxygen atoms in total. The zero-order valence-electron chi connectivity index (χ0n) is 16.6. The SMILES string of the molecule is N#CCCCc1ccc(N2C(=S)N(c3ccc(C#N)c(Cl)c3F)C(=O)C23CCC3)cc1. The molecule has 0 bridgehead atoms. The summed E-state index contributed by atoms with van der Waals surface area (Å²) in [7, 11) is 0. The first-order valence-electron chi connectivity index (χ1n) is 9.97. The van der Waals surface area contributed by atoms with Crippen LogP contribution < -0.4 is 9.80 Å². The molecule has 2 aromatic rings. The molecular weight excluding hydrogens is 435 g/mol. The smallest absolute Gasteiger partial charge is 0.259 e. The number of benzene rings is 2. The Kier molecular flexibility index (Phi) is 5.66. The number of thiocarbonyl (C=S) groups is 1. The highest BCUT2D eigenvalue weighted by Crippen LogP contribution is 2.48. The van der Waals surface area contributed by atoms with E-state index in [-0.39, 0.29) is 27.3 Å². The third-order valence-corrected chi connectivity index (χ3v) is 6.70. The third kappa shape index (κ3) is 3.35. The van der Waals surface area contributed by atoms with E-state index in [0.717, 1.165) is 30.5 Å². The van der Waals surface area contributed by atoms with Gasteiger partial charge in [0.15, 0.2) is 10.9 Å². The Morgan fingerprint density at radius 3 is 2.45 bits per heavy atom. The van der Waals surface area contributed by atoms with E-state index in [1.807, 2.05) is 35.2 Å². The van der Waals surface area contributed by atoms with E-state index in [4.69, 9.17) is 34.3 Å². The molecule has 2 aliphatic rings. The number of anilines is 2. The van der Waals surface area contributed by atoms with Crippen molar-refractivity contribution in [2.24, 2.45) is 0 Å². The summed E-state index contributed by atoms with van der Waals surface area (Å²) >= 11 is 11.7. The van der Waals surface area contributed by atoms with Gasteiger partial charge in [0.05, 0.1) is 22.3 Å². The minimum Gasteiger partial charge on any atom is -0.303 e. The standard InChI is InChI=1S/C23H18ClFN4OS/c24-19-16(14-27)7-10-18(20(19)25)28-21(30)23(11-3-12-23)29(22(28)31)17-8-5-15(6-9-17)4-1-2-13-26/h5-10H,1-4,11-12H2. The van der Waals surface area contributed by atoms with Gasteiger partial charge in [-0.15, -0.1) is 0 Å². The molecule has 0 radical (unpaired) electrons. The molecule has 2 fully saturated rings. The molecule has 1 aliphatic carbocycles. The van der Waals surface area contributed by atoms with Gasteiger partial charge in [-0.3, -0.25) is 9.69 Å². The highest BCUT2D eigenvalue weighted by Gasteiger charge is 2.60. The summed E-state index contributed by atoms with van der Waals surface area (Å²) in [4.78, 5) is 16.5. The zero-order valence-corrected chi connectivity index (χ0v) is 18.1. The van der Waals surface area contributed by atoms with Gasteiger partial charge in [0.25, 0.3) is 5.91 Å². The molecule has 8 heteroatoms. The highest BCUT2D eigenvalue weighted by molar-refractivity contribution is 7.81. The first-order chi connectivity index (χ1) is 14.9. The normalized spacial score (nSPS) is 16.9. The average molecular weight is 453 g/mol. The van der Waals surface area contributed by atoms with Crippen molar-refractivity contribution in [1.82, 2.24) is 0 Å². The molecule has 0 aromatic heterocycles. The summed E-state index contributed by atoms with van der Waals surface area (Å²) in [6.45, 7) is 0. The van der Waals surface area contributed by atoms with E-state index < -0.39 is 11.4 Å². The Morgan fingerprint density at radius 1 is 1.16 bits per heavy atom. The number of unbranched alkanes of at least 4 members (excludes halogenated alkanes) is 1. The van der Waals surface area contributed by atoms with Crippen molar-refractivity contribution in [3.63, 3.8) is 0 Å². The van der Waals surface area contributed by atoms with Crippen molar-refractivity contribution in [2.75, 3.05) is 9.80 Å². The van der Waals surface area contributed by atoms with Gasteiger partial charge in [-0.25, -0.2) is 4.39 Å². The quantitative estimate of drug-likeness (QED) is 0.457. The van der Waals surface area contributed by atoms with Crippen LogP contribution in [-0.4, -0.2) is 16.6 Å². The third-order valence-electron chi connectivity index (χ3n) is 5.96. The number of aryl methyl sites for hydroxylation is 1. The van der Waals surface area contributed by atoms with Crippen LogP contribution in [0.2, 0.25) is 5.02 Å². The van der Waals surface area contributed by atoms with Gasteiger partial charge in [0.2, 0.25) is 0 Å². The lowest BCUT2D eigenvalue weighted by Gasteiger charge is -2.43. The first kappa shape index (κ1) is 21.2. The van der Waals surface area contributed by atoms with Crippen LogP contribution in [0.1, 0.15) is 43.2 Å². The molecule has 31 heavy (non-hydrogen) atoms. The Labute approximate surface area is 190 Å². The van der Waals surface area contributed by atoms with Crippen LogP contribution in [0, 0.1) is 28.5 Å². The molecular formula is C23H18ClFN4OS. The van der Waals surface area contributed by atoms with Crippen LogP contribution >= 0.6 is 23.8 Å². The summed E-state index contributed by atoms with van der Waals surface area (Å²) in [6, 6.07) is 14.5. The fourth-order valence-corrected chi connectivity index (χ4v) is 4.84. The molecule has 0 N–H and O–H groups in total. The van der Waals surface area contributed by atoms with Crippen LogP contribution in [-0.2, 0) is 11.2 Å². The second-order valence-corrected chi connectivity index (χ2v) is 8.44. The van der Waals surface area contributed by atoms with Crippen molar-refractivity contribution >= 4 is 46.2 Å². The van der Waals surface area contributed by atoms with Crippen LogP contribution in [0.3, 0.4) is 0 Å². The lowest BCUT2D eigenvalue weighted by Crippen LogP contribution is -2.55. The predicted octanol–water partition coefficient (Wildman–Crippen LogP) is 5.26. The fourth-order valence-electron chi connectivity index (χ4n) is 4.17. The molecule has 1 heterocycles. The van der Waals surface area contributed by atoms with E-state index in [1.165, 1.54) is 17.0 Å². The molecule has 1 saturated heterocycles. The number of rotatable bonds is 5. The maximum atomic E-state index is 15.0. The molecule has 0 unspecified atom stereocenters. The maximum absolute atomic E-state index is 15.0. The van der Waals surface area contributed by atoms with Crippen molar-refractivity contribution in [3.05, 3.63) is 58.4 Å². The lowest BCUT2D eigenvalue weighted by atomic mass is 9.75. The number of halogens is 2. The molecule has 1 amide bonds. The minimum atomic E-state index is -0.833. The molecule has 4 rings (SSSR count). The number of amides is 1. The topological polar surface area (TPSA) is 71.1 Å². The van der Waals surface area contributed by atoms with Crippen molar-refractivity contribution in [2.45, 2.75) is 44.1 Å². The summed E-state index contributed by atoms with van der Waals surface area (Å²) < 4.78 is 15.0. The van der Waals surface area contributed by atoms with Gasteiger partial charge in [-0.2, -0.15) is 10.5 Å². The van der Waals surface area contributed by atoms with Gasteiger partial charge < -0.3 is 4.90 Å². The first-order valence-corrected chi connectivity index (χ1v) is 10.8. The fraction of sp³-hybridized carbons (Fsp3) is 0.304. The van der Waals surface area contributed by atoms with Gasteiger partial charge >= 0.3 is 0 Å². The summed E-state index contributed by atoms with van der Waals surface area (Å²) in [5.74, 6) is -1.11. The average Bonchev–Trinajstić information content (AvgIpc) is 2.98. The van der Waals surface area contributed by atoms with E-state index in [1.54, 1.807) is 0 Å². The van der Waals surface area contributed by atoms with E-state index >= 15 is 0 Å². The van der Waals surface area contributed by atoms with Crippen molar-refractivity contribution in [3.8, 4) is 12.1 Å². The number of hydrogen-bond acceptors (Lipinski definition) is 4. The molecule has 0 atom stereocenters. The lowest BCUT2D eigenvalue weighted by molar-refractivity contribution is -0.123. The predicted molar refractivity (Wildman–Crippen MR) is 120 cm³/mol. The second-order valence-electron chi connectivity index (χ2n) is 7.69. The monoisotopic (exact) mass is 452 g/mol. The Balaban J connectivity index is 1.70. The maximum Gasteiger partial charge on any atom is 0.259 e. The van der Waals surface area contributed by atoms with Gasteiger partial charge in [-0.05, 0) is 74.2 Å². The van der Waals surface area contributed by atoms with Crippen LogP contribution in [0.4, 0.5) is 15.8 Å². The van der Waals surface area contributed by atoms with E-state index in [9.17, 15) is 9.18 Å². The second kappa shape index (κ2) is 8.26. The van der Waals surface area contributed by atoms with Gasteiger partial charge in [0, 0.05) is 12.1 Å². The number of carbonyl (C=O) groups is 1. The zero-order chi connectivity index (χ0) is 22.2. The number of hydrogen-bond donors (Lipinski definition) is 0. The summed E-state index contributed by atoms with van der Waals surface area (Å²) in [5.41, 5.74) is 1.000. The molecule has 1 saturated carbocycles. The molecule has 1 spiro atoms. The van der Waals surface area contributed by atoms with Crippen molar-refractivity contribution in [1.29, 1.82) is 10.5 Å². The minimum absolute atomic E-state index is 0.00248. The van der Waals surface area contributed by atoms with Crippen LogP contribution in [0.5, 0.6) is 0 Å². The highest BCUT2D eigenvalue weighted by atomic mass is 35.5. The largest absolute Gasteiger partial charge is 0.303 e. The van der Waals surface area contributed by atoms with E-state index in [0.29, 0.717) is 19.3 Å². The van der Waals surface area contributed by atoms with Crippen LogP contribution in [0.25, 0.3) is 0 Å². The number of nitriles is 2. The van der Waals surface area contributed by atoms with E-state index in [2.05, 4.69) is 6.07 Å². The summed E-state index contributed by atoms with van der Waals surface area (Å²) in [5, 5.41) is 17.7. The van der Waals surface area contributed by atoms with Crippen molar-refractivity contribution < 1.29 is 9.18 Å².